The highest BCUT2D eigenvalue weighted by molar-refractivity contribution is 7.98. The average Bonchev–Trinajstić information content (AvgIpc) is 2.18. The number of thioether (sulfide) groups is 1. The first kappa shape index (κ1) is 14.3. The largest absolute Gasteiger partial charge is 0.311 e. The third kappa shape index (κ3) is 4.27. The molecule has 0 aliphatic carbocycles. The first-order valence-corrected chi connectivity index (χ1v) is 7.82. The minimum atomic E-state index is 0.323. The average molecular weight is 244 g/mol. The summed E-state index contributed by atoms with van der Waals surface area (Å²) in [5.74, 6) is 2.04. The standard InChI is InChI=1S/C13H28N2S/c1-11(2)8-12-9-15(6-7-16-5)13(3,4)10-14-12/h11-12,14H,6-10H2,1-5H3. The summed E-state index contributed by atoms with van der Waals surface area (Å²) in [5, 5.41) is 3.70. The first-order valence-electron chi connectivity index (χ1n) is 6.43. The van der Waals surface area contributed by atoms with E-state index in [4.69, 9.17) is 0 Å². The minimum absolute atomic E-state index is 0.323. The van der Waals surface area contributed by atoms with Crippen molar-refractivity contribution in [2.75, 3.05) is 31.6 Å². The van der Waals surface area contributed by atoms with Crippen molar-refractivity contribution in [3.63, 3.8) is 0 Å². The van der Waals surface area contributed by atoms with Gasteiger partial charge in [-0.3, -0.25) is 4.90 Å². The first-order chi connectivity index (χ1) is 7.45. The van der Waals surface area contributed by atoms with Crippen molar-refractivity contribution < 1.29 is 0 Å². The van der Waals surface area contributed by atoms with Crippen LogP contribution in [0.2, 0.25) is 0 Å². The van der Waals surface area contributed by atoms with E-state index in [-0.39, 0.29) is 0 Å². The molecule has 1 aliphatic rings. The summed E-state index contributed by atoms with van der Waals surface area (Å²) in [7, 11) is 0. The van der Waals surface area contributed by atoms with Crippen LogP contribution in [-0.4, -0.2) is 48.1 Å². The third-order valence-corrected chi connectivity index (χ3v) is 4.03. The van der Waals surface area contributed by atoms with E-state index in [0.717, 1.165) is 12.5 Å². The van der Waals surface area contributed by atoms with Crippen molar-refractivity contribution >= 4 is 11.8 Å². The van der Waals surface area contributed by atoms with Crippen LogP contribution in [0.1, 0.15) is 34.1 Å². The lowest BCUT2D eigenvalue weighted by Gasteiger charge is -2.46. The van der Waals surface area contributed by atoms with Crippen LogP contribution >= 0.6 is 11.8 Å². The molecule has 0 amide bonds. The zero-order valence-corrected chi connectivity index (χ0v) is 12.4. The monoisotopic (exact) mass is 244 g/mol. The summed E-state index contributed by atoms with van der Waals surface area (Å²) in [6.07, 6.45) is 3.49. The lowest BCUT2D eigenvalue weighted by molar-refractivity contribution is 0.0675. The lowest BCUT2D eigenvalue weighted by Crippen LogP contribution is -2.62. The Morgan fingerprint density at radius 2 is 2.12 bits per heavy atom. The Bertz CT molecular complexity index is 204. The van der Waals surface area contributed by atoms with Crippen LogP contribution in [-0.2, 0) is 0 Å². The number of rotatable bonds is 5. The topological polar surface area (TPSA) is 15.3 Å². The summed E-state index contributed by atoms with van der Waals surface area (Å²) in [4.78, 5) is 2.66. The Balaban J connectivity index is 2.48. The maximum atomic E-state index is 3.70. The maximum absolute atomic E-state index is 3.70. The van der Waals surface area contributed by atoms with Gasteiger partial charge in [0.2, 0.25) is 0 Å². The predicted octanol–water partition coefficient (Wildman–Crippen LogP) is 2.45. The van der Waals surface area contributed by atoms with Crippen molar-refractivity contribution in [2.24, 2.45) is 5.92 Å². The van der Waals surface area contributed by atoms with Crippen molar-refractivity contribution in [1.29, 1.82) is 0 Å². The van der Waals surface area contributed by atoms with Gasteiger partial charge in [-0.1, -0.05) is 13.8 Å². The minimum Gasteiger partial charge on any atom is -0.311 e. The fraction of sp³-hybridized carbons (Fsp3) is 1.00. The van der Waals surface area contributed by atoms with Crippen LogP contribution in [0.3, 0.4) is 0 Å². The fourth-order valence-corrected chi connectivity index (χ4v) is 2.81. The molecule has 1 fully saturated rings. The highest BCUT2D eigenvalue weighted by Gasteiger charge is 2.33. The van der Waals surface area contributed by atoms with Crippen LogP contribution in [0.15, 0.2) is 0 Å². The third-order valence-electron chi connectivity index (χ3n) is 3.44. The molecular formula is C13H28N2S. The molecule has 3 heteroatoms. The van der Waals surface area contributed by atoms with Gasteiger partial charge in [0.25, 0.3) is 0 Å². The van der Waals surface area contributed by atoms with Gasteiger partial charge in [0, 0.05) is 37.0 Å². The lowest BCUT2D eigenvalue weighted by atomic mass is 9.94. The van der Waals surface area contributed by atoms with Crippen molar-refractivity contribution in [2.45, 2.75) is 45.7 Å². The van der Waals surface area contributed by atoms with Crippen LogP contribution in [0.4, 0.5) is 0 Å². The molecule has 1 unspecified atom stereocenters. The molecule has 1 saturated heterocycles. The van der Waals surface area contributed by atoms with Crippen molar-refractivity contribution in [3.05, 3.63) is 0 Å². The van der Waals surface area contributed by atoms with E-state index in [1.165, 1.54) is 25.3 Å². The second kappa shape index (κ2) is 6.27. The number of hydrogen-bond acceptors (Lipinski definition) is 3. The molecule has 0 aromatic heterocycles. The summed E-state index contributed by atoms with van der Waals surface area (Å²) >= 11 is 1.95. The van der Waals surface area contributed by atoms with E-state index in [9.17, 15) is 0 Å². The zero-order chi connectivity index (χ0) is 12.2. The molecule has 1 aliphatic heterocycles. The summed E-state index contributed by atoms with van der Waals surface area (Å²) in [6, 6.07) is 0.690. The zero-order valence-electron chi connectivity index (χ0n) is 11.5. The summed E-state index contributed by atoms with van der Waals surface area (Å²) < 4.78 is 0. The SMILES string of the molecule is CSCCN1CC(CC(C)C)NCC1(C)C. The second-order valence-electron chi connectivity index (χ2n) is 5.96. The van der Waals surface area contributed by atoms with Gasteiger partial charge in [-0.25, -0.2) is 0 Å². The van der Waals surface area contributed by atoms with Crippen LogP contribution in [0.25, 0.3) is 0 Å². The van der Waals surface area contributed by atoms with Gasteiger partial charge in [-0.2, -0.15) is 11.8 Å². The highest BCUT2D eigenvalue weighted by atomic mass is 32.2. The van der Waals surface area contributed by atoms with Gasteiger partial charge in [0.05, 0.1) is 0 Å². The van der Waals surface area contributed by atoms with E-state index < -0.39 is 0 Å². The van der Waals surface area contributed by atoms with Gasteiger partial charge in [0.1, 0.15) is 0 Å². The van der Waals surface area contributed by atoms with Crippen molar-refractivity contribution in [3.8, 4) is 0 Å². The molecule has 0 saturated carbocycles. The van der Waals surface area contributed by atoms with E-state index in [2.05, 4.69) is 44.2 Å². The number of nitrogens with one attached hydrogen (secondary N) is 1. The Morgan fingerprint density at radius 1 is 1.44 bits per heavy atom. The molecule has 0 spiro atoms. The smallest absolute Gasteiger partial charge is 0.0278 e. The molecule has 16 heavy (non-hydrogen) atoms. The van der Waals surface area contributed by atoms with E-state index >= 15 is 0 Å². The molecule has 0 aromatic rings. The van der Waals surface area contributed by atoms with Crippen molar-refractivity contribution in [1.82, 2.24) is 10.2 Å². The van der Waals surface area contributed by atoms with Gasteiger partial charge >= 0.3 is 0 Å². The highest BCUT2D eigenvalue weighted by Crippen LogP contribution is 2.21. The quantitative estimate of drug-likeness (QED) is 0.800. The number of hydrogen-bond donors (Lipinski definition) is 1. The van der Waals surface area contributed by atoms with Gasteiger partial charge < -0.3 is 5.32 Å². The Labute approximate surface area is 106 Å². The molecular weight excluding hydrogens is 216 g/mol. The molecule has 0 bridgehead atoms. The Hall–Kier alpha value is 0.270. The number of nitrogens with zero attached hydrogens (tertiary/aromatic N) is 1. The van der Waals surface area contributed by atoms with Crippen LogP contribution in [0, 0.1) is 5.92 Å². The molecule has 96 valence electrons. The Kier molecular flexibility index (Phi) is 5.62. The molecule has 1 heterocycles. The number of piperazine rings is 1. The Morgan fingerprint density at radius 3 is 2.69 bits per heavy atom. The van der Waals surface area contributed by atoms with E-state index in [1.807, 2.05) is 11.8 Å². The van der Waals surface area contributed by atoms with Crippen LogP contribution < -0.4 is 5.32 Å². The predicted molar refractivity (Wildman–Crippen MR) is 75.3 cm³/mol. The molecule has 2 nitrogen and oxygen atoms in total. The molecule has 1 rings (SSSR count). The summed E-state index contributed by atoms with van der Waals surface area (Å²) in [6.45, 7) is 12.9. The normalized spacial score (nSPS) is 26.2. The molecule has 1 N–H and O–H groups in total. The maximum Gasteiger partial charge on any atom is 0.0278 e. The van der Waals surface area contributed by atoms with E-state index in [1.54, 1.807) is 0 Å². The second-order valence-corrected chi connectivity index (χ2v) is 6.94. The molecule has 1 atom stereocenters. The van der Waals surface area contributed by atoms with E-state index in [0.29, 0.717) is 11.6 Å². The molecule has 0 aromatic carbocycles. The van der Waals surface area contributed by atoms with Gasteiger partial charge in [0.15, 0.2) is 0 Å². The van der Waals surface area contributed by atoms with Gasteiger partial charge in [-0.05, 0) is 32.4 Å². The summed E-state index contributed by atoms with van der Waals surface area (Å²) in [5.41, 5.74) is 0.323. The van der Waals surface area contributed by atoms with Crippen LogP contribution in [0.5, 0.6) is 0 Å². The van der Waals surface area contributed by atoms with Gasteiger partial charge in [-0.15, -0.1) is 0 Å². The fourth-order valence-electron chi connectivity index (χ4n) is 2.41. The molecule has 0 radical (unpaired) electrons.